The van der Waals surface area contributed by atoms with Crippen molar-refractivity contribution in [1.82, 2.24) is 0 Å². The van der Waals surface area contributed by atoms with E-state index in [0.717, 1.165) is 28.5 Å². The van der Waals surface area contributed by atoms with Crippen molar-refractivity contribution < 1.29 is 4.79 Å². The molecular weight excluding hydrogens is 316 g/mol. The molecule has 0 saturated heterocycles. The molecule has 0 saturated carbocycles. The minimum Gasteiger partial charge on any atom is -0.294 e. The average Bonchev–Trinajstić information content (AvgIpc) is 3.07. The predicted octanol–water partition coefficient (Wildman–Crippen LogP) is 6.30. The first-order valence-electron chi connectivity index (χ1n) is 9.05. The maximum atomic E-state index is 12.7. The van der Waals surface area contributed by atoms with Crippen LogP contribution in [0.4, 0.5) is 0 Å². The van der Waals surface area contributed by atoms with Gasteiger partial charge in [-0.15, -0.1) is 0 Å². The van der Waals surface area contributed by atoms with Crippen molar-refractivity contribution in [3.63, 3.8) is 0 Å². The van der Waals surface area contributed by atoms with Gasteiger partial charge in [-0.1, -0.05) is 78.9 Å². The third-order valence-electron chi connectivity index (χ3n) is 5.29. The fraction of sp³-hybridized carbons (Fsp3) is 0.0800. The average molecular weight is 334 g/mol. The van der Waals surface area contributed by atoms with Gasteiger partial charge in [-0.3, -0.25) is 4.79 Å². The third kappa shape index (κ3) is 2.36. The van der Waals surface area contributed by atoms with Gasteiger partial charge in [0.2, 0.25) is 0 Å². The molecule has 0 aliphatic heterocycles. The summed E-state index contributed by atoms with van der Waals surface area (Å²) in [5.41, 5.74) is 6.71. The summed E-state index contributed by atoms with van der Waals surface area (Å²) in [4.78, 5) is 12.7. The quantitative estimate of drug-likeness (QED) is 0.420. The summed E-state index contributed by atoms with van der Waals surface area (Å²) >= 11 is 0. The number of hydrogen-bond acceptors (Lipinski definition) is 1. The fourth-order valence-electron chi connectivity index (χ4n) is 4.06. The Morgan fingerprint density at radius 2 is 1.27 bits per heavy atom. The standard InChI is InChI=1S/C25H18O/c26-23-14-13-21-15-20-12-11-19(17-7-3-1-4-8-17)16-22(20)24(25(21)23)18-9-5-2-6-10-18/h1-12,15-16H,13-14H2. The molecule has 0 aromatic heterocycles. The molecule has 1 heteroatoms. The van der Waals surface area contributed by atoms with Gasteiger partial charge in [0.05, 0.1) is 0 Å². The van der Waals surface area contributed by atoms with E-state index in [1.54, 1.807) is 0 Å². The molecule has 5 rings (SSSR count). The molecule has 0 radical (unpaired) electrons. The Morgan fingerprint density at radius 1 is 0.577 bits per heavy atom. The fourth-order valence-corrected chi connectivity index (χ4v) is 4.06. The van der Waals surface area contributed by atoms with Gasteiger partial charge in [0, 0.05) is 17.5 Å². The first-order valence-corrected chi connectivity index (χ1v) is 9.05. The topological polar surface area (TPSA) is 17.1 Å². The molecule has 1 nitrogen and oxygen atoms in total. The molecule has 0 amide bonds. The van der Waals surface area contributed by atoms with Crippen molar-refractivity contribution in [2.75, 3.05) is 0 Å². The molecule has 124 valence electrons. The van der Waals surface area contributed by atoms with Crippen LogP contribution in [0.3, 0.4) is 0 Å². The third-order valence-corrected chi connectivity index (χ3v) is 5.29. The van der Waals surface area contributed by atoms with Gasteiger partial charge >= 0.3 is 0 Å². The molecular formula is C25H18O. The number of fused-ring (bicyclic) bond motifs is 2. The minimum absolute atomic E-state index is 0.269. The molecule has 0 fully saturated rings. The van der Waals surface area contributed by atoms with Crippen LogP contribution in [0.25, 0.3) is 33.0 Å². The van der Waals surface area contributed by atoms with E-state index < -0.39 is 0 Å². The van der Waals surface area contributed by atoms with Crippen molar-refractivity contribution >= 4 is 16.6 Å². The Balaban J connectivity index is 1.86. The highest BCUT2D eigenvalue weighted by Crippen LogP contribution is 2.40. The largest absolute Gasteiger partial charge is 0.294 e. The SMILES string of the molecule is O=C1CCc2cc3ccc(-c4ccccc4)cc3c(-c3ccccc3)c21. The zero-order valence-electron chi connectivity index (χ0n) is 14.4. The number of hydrogen-bond donors (Lipinski definition) is 0. The zero-order chi connectivity index (χ0) is 17.5. The van der Waals surface area contributed by atoms with Crippen LogP contribution in [0.5, 0.6) is 0 Å². The van der Waals surface area contributed by atoms with Crippen LogP contribution in [0, 0.1) is 0 Å². The highest BCUT2D eigenvalue weighted by Gasteiger charge is 2.25. The van der Waals surface area contributed by atoms with Crippen molar-refractivity contribution in [2.45, 2.75) is 12.8 Å². The van der Waals surface area contributed by atoms with Gasteiger partial charge in [0.25, 0.3) is 0 Å². The van der Waals surface area contributed by atoms with Gasteiger partial charge in [-0.05, 0) is 45.5 Å². The van der Waals surface area contributed by atoms with Gasteiger partial charge < -0.3 is 0 Å². The molecule has 4 aromatic rings. The van der Waals surface area contributed by atoms with Crippen LogP contribution < -0.4 is 0 Å². The Kier molecular flexibility index (Phi) is 3.46. The van der Waals surface area contributed by atoms with E-state index in [1.165, 1.54) is 22.1 Å². The zero-order valence-corrected chi connectivity index (χ0v) is 14.4. The maximum Gasteiger partial charge on any atom is 0.164 e. The molecule has 26 heavy (non-hydrogen) atoms. The van der Waals surface area contributed by atoms with Crippen LogP contribution in [0.1, 0.15) is 22.3 Å². The van der Waals surface area contributed by atoms with E-state index in [0.29, 0.717) is 6.42 Å². The maximum absolute atomic E-state index is 12.7. The van der Waals surface area contributed by atoms with Crippen LogP contribution >= 0.6 is 0 Å². The smallest absolute Gasteiger partial charge is 0.164 e. The van der Waals surface area contributed by atoms with Crippen molar-refractivity contribution in [2.24, 2.45) is 0 Å². The van der Waals surface area contributed by atoms with E-state index in [1.807, 2.05) is 24.3 Å². The lowest BCUT2D eigenvalue weighted by atomic mass is 9.89. The molecule has 0 unspecified atom stereocenters. The predicted molar refractivity (Wildman–Crippen MR) is 107 cm³/mol. The van der Waals surface area contributed by atoms with Crippen molar-refractivity contribution in [3.8, 4) is 22.3 Å². The number of ketones is 1. The summed E-state index contributed by atoms with van der Waals surface area (Å²) in [6.07, 6.45) is 1.47. The highest BCUT2D eigenvalue weighted by molar-refractivity contribution is 6.14. The second kappa shape index (κ2) is 5.96. The number of benzene rings is 4. The minimum atomic E-state index is 0.269. The second-order valence-corrected chi connectivity index (χ2v) is 6.88. The molecule has 0 atom stereocenters. The molecule has 1 aliphatic rings. The Bertz CT molecular complexity index is 1130. The lowest BCUT2D eigenvalue weighted by Gasteiger charge is -2.14. The molecule has 0 N–H and O–H groups in total. The van der Waals surface area contributed by atoms with E-state index >= 15 is 0 Å². The van der Waals surface area contributed by atoms with Gasteiger partial charge in [0.15, 0.2) is 5.78 Å². The molecule has 1 aliphatic carbocycles. The van der Waals surface area contributed by atoms with Gasteiger partial charge in [-0.2, -0.15) is 0 Å². The first kappa shape index (κ1) is 15.1. The number of carbonyl (C=O) groups excluding carboxylic acids is 1. The monoisotopic (exact) mass is 334 g/mol. The normalized spacial score (nSPS) is 13.2. The number of Topliss-reactive ketones (excluding diaryl/α,β-unsaturated/α-hetero) is 1. The molecule has 4 aromatic carbocycles. The van der Waals surface area contributed by atoms with E-state index in [4.69, 9.17) is 0 Å². The summed E-state index contributed by atoms with van der Waals surface area (Å²) in [5, 5.41) is 2.36. The number of carbonyl (C=O) groups is 1. The summed E-state index contributed by atoms with van der Waals surface area (Å²) in [5.74, 6) is 0.269. The molecule has 0 spiro atoms. The summed E-state index contributed by atoms with van der Waals surface area (Å²) in [6.45, 7) is 0. The van der Waals surface area contributed by atoms with Crippen LogP contribution in [-0.4, -0.2) is 5.78 Å². The summed E-state index contributed by atoms with van der Waals surface area (Å²) in [6, 6.07) is 29.5. The lowest BCUT2D eigenvalue weighted by molar-refractivity contribution is 0.0995. The van der Waals surface area contributed by atoms with Crippen LogP contribution in [0.2, 0.25) is 0 Å². The Morgan fingerprint density at radius 3 is 2.00 bits per heavy atom. The van der Waals surface area contributed by atoms with Gasteiger partial charge in [0.1, 0.15) is 0 Å². The molecule has 0 bridgehead atoms. The number of rotatable bonds is 2. The Hall–Kier alpha value is -3.19. The van der Waals surface area contributed by atoms with E-state index in [-0.39, 0.29) is 5.78 Å². The molecule has 0 heterocycles. The first-order chi connectivity index (χ1) is 12.8. The van der Waals surface area contributed by atoms with Crippen LogP contribution in [0.15, 0.2) is 84.9 Å². The Labute approximate surface area is 152 Å². The van der Waals surface area contributed by atoms with E-state index in [9.17, 15) is 4.79 Å². The van der Waals surface area contributed by atoms with Crippen LogP contribution in [-0.2, 0) is 6.42 Å². The number of aryl methyl sites for hydroxylation is 1. The summed E-state index contributed by atoms with van der Waals surface area (Å²) in [7, 11) is 0. The summed E-state index contributed by atoms with van der Waals surface area (Å²) < 4.78 is 0. The second-order valence-electron chi connectivity index (χ2n) is 6.88. The highest BCUT2D eigenvalue weighted by atomic mass is 16.1. The van der Waals surface area contributed by atoms with Crippen molar-refractivity contribution in [3.05, 3.63) is 96.1 Å². The van der Waals surface area contributed by atoms with Gasteiger partial charge in [-0.25, -0.2) is 0 Å². The van der Waals surface area contributed by atoms with Crippen molar-refractivity contribution in [1.29, 1.82) is 0 Å². The van der Waals surface area contributed by atoms with E-state index in [2.05, 4.69) is 60.7 Å². The lowest BCUT2D eigenvalue weighted by Crippen LogP contribution is -1.97.